The van der Waals surface area contributed by atoms with Crippen LogP contribution in [0.15, 0.2) is 42.5 Å². The first-order valence-electron chi connectivity index (χ1n) is 10.3. The standard InChI is InChI=1S/C22H23F3N4O3/c23-22(24,25)11-19(30)32-29-20-15(5-3-8-17(20)21(26)31)13-28(29)18-9-2-1-7-16(18)14-6-4-10-27-12-14/h1-3,5,7-9,14,27H,4,6,10-13H2,(H2,26,31). The van der Waals surface area contributed by atoms with Gasteiger partial charge in [-0.25, -0.2) is 9.80 Å². The van der Waals surface area contributed by atoms with Gasteiger partial charge in [-0.3, -0.25) is 4.79 Å². The SMILES string of the molecule is NC(=O)c1cccc2c1N(OC(=O)CC(F)(F)F)N(c1ccccc1C1CCCNC1)C2. The van der Waals surface area contributed by atoms with Gasteiger partial charge >= 0.3 is 12.1 Å². The molecule has 1 amide bonds. The minimum Gasteiger partial charge on any atom is -0.366 e. The van der Waals surface area contributed by atoms with Gasteiger partial charge < -0.3 is 15.9 Å². The number of anilines is 2. The van der Waals surface area contributed by atoms with Crippen molar-refractivity contribution in [1.29, 1.82) is 0 Å². The van der Waals surface area contributed by atoms with Crippen LogP contribution in [0, 0.1) is 0 Å². The Kier molecular flexibility index (Phi) is 5.96. The molecular weight excluding hydrogens is 425 g/mol. The fraction of sp³-hybridized carbons (Fsp3) is 0.364. The number of benzene rings is 2. The van der Waals surface area contributed by atoms with E-state index < -0.39 is 24.5 Å². The zero-order valence-corrected chi connectivity index (χ0v) is 17.2. The van der Waals surface area contributed by atoms with Crippen molar-refractivity contribution in [1.82, 2.24) is 5.32 Å². The second kappa shape index (κ2) is 8.70. The van der Waals surface area contributed by atoms with Crippen LogP contribution in [0.4, 0.5) is 24.5 Å². The number of hydrogen-bond acceptors (Lipinski definition) is 6. The van der Waals surface area contributed by atoms with E-state index in [1.807, 2.05) is 24.3 Å². The first-order valence-corrected chi connectivity index (χ1v) is 10.3. The van der Waals surface area contributed by atoms with E-state index in [0.717, 1.165) is 36.7 Å². The van der Waals surface area contributed by atoms with Gasteiger partial charge in [0.1, 0.15) is 12.1 Å². The number of amides is 1. The van der Waals surface area contributed by atoms with Gasteiger partial charge in [-0.15, -0.1) is 5.17 Å². The number of rotatable bonds is 5. The van der Waals surface area contributed by atoms with Crippen LogP contribution >= 0.6 is 0 Å². The van der Waals surface area contributed by atoms with Crippen molar-refractivity contribution in [2.75, 3.05) is 23.3 Å². The summed E-state index contributed by atoms with van der Waals surface area (Å²) in [7, 11) is 0. The molecule has 170 valence electrons. The maximum Gasteiger partial charge on any atom is 0.399 e. The second-order valence-electron chi connectivity index (χ2n) is 7.87. The molecule has 1 fully saturated rings. The lowest BCUT2D eigenvalue weighted by molar-refractivity contribution is -0.172. The highest BCUT2D eigenvalue weighted by molar-refractivity contribution is 6.00. The predicted molar refractivity (Wildman–Crippen MR) is 112 cm³/mol. The number of nitrogens with one attached hydrogen (secondary N) is 1. The summed E-state index contributed by atoms with van der Waals surface area (Å²) in [6, 6.07) is 12.3. The predicted octanol–water partition coefficient (Wildman–Crippen LogP) is 3.40. The van der Waals surface area contributed by atoms with E-state index in [4.69, 9.17) is 10.6 Å². The lowest BCUT2D eigenvalue weighted by Crippen LogP contribution is -2.42. The number of nitrogens with two attached hydrogens (primary N) is 1. The number of alkyl halides is 3. The maximum absolute atomic E-state index is 12.8. The molecule has 1 saturated heterocycles. The molecule has 2 heterocycles. The van der Waals surface area contributed by atoms with Crippen molar-refractivity contribution in [3.05, 3.63) is 59.2 Å². The summed E-state index contributed by atoms with van der Waals surface area (Å²) in [6.07, 6.45) is -4.53. The number of carbonyl (C=O) groups is 2. The van der Waals surface area contributed by atoms with Crippen LogP contribution in [0.5, 0.6) is 0 Å². The van der Waals surface area contributed by atoms with Crippen molar-refractivity contribution in [3.8, 4) is 0 Å². The van der Waals surface area contributed by atoms with Gasteiger partial charge in [0.15, 0.2) is 0 Å². The summed E-state index contributed by atoms with van der Waals surface area (Å²) in [5.41, 5.74) is 8.00. The topological polar surface area (TPSA) is 87.9 Å². The Hall–Kier alpha value is -3.27. The Bertz CT molecular complexity index is 1020. The number of fused-ring (bicyclic) bond motifs is 1. The molecule has 0 aliphatic carbocycles. The molecule has 1 unspecified atom stereocenters. The van der Waals surface area contributed by atoms with Gasteiger partial charge in [0.05, 0.1) is 17.8 Å². The number of carbonyl (C=O) groups excluding carboxylic acids is 2. The molecule has 0 saturated carbocycles. The molecule has 3 N–H and O–H groups in total. The number of primary amides is 1. The van der Waals surface area contributed by atoms with Crippen molar-refractivity contribution in [3.63, 3.8) is 0 Å². The lowest BCUT2D eigenvalue weighted by Gasteiger charge is -2.34. The number of nitrogens with zero attached hydrogens (tertiary/aromatic N) is 2. The lowest BCUT2D eigenvalue weighted by atomic mass is 9.90. The van der Waals surface area contributed by atoms with Crippen LogP contribution in [0.25, 0.3) is 0 Å². The molecule has 7 nitrogen and oxygen atoms in total. The van der Waals surface area contributed by atoms with Crippen LogP contribution in [0.3, 0.4) is 0 Å². The smallest absolute Gasteiger partial charge is 0.366 e. The largest absolute Gasteiger partial charge is 0.399 e. The third-order valence-corrected chi connectivity index (χ3v) is 5.60. The highest BCUT2D eigenvalue weighted by Crippen LogP contribution is 2.41. The van der Waals surface area contributed by atoms with Gasteiger partial charge in [-0.05, 0) is 43.0 Å². The van der Waals surface area contributed by atoms with Crippen LogP contribution in [0.2, 0.25) is 0 Å². The van der Waals surface area contributed by atoms with Crippen LogP contribution in [0.1, 0.15) is 46.7 Å². The summed E-state index contributed by atoms with van der Waals surface area (Å²) < 4.78 is 38.4. The summed E-state index contributed by atoms with van der Waals surface area (Å²) in [6.45, 7) is 1.89. The van der Waals surface area contributed by atoms with Crippen LogP contribution in [-0.2, 0) is 16.2 Å². The average molecular weight is 448 g/mol. The molecule has 2 aromatic rings. The van der Waals surface area contributed by atoms with Crippen molar-refractivity contribution in [2.24, 2.45) is 5.73 Å². The fourth-order valence-electron chi connectivity index (χ4n) is 4.25. The number of hydrazine groups is 1. The van der Waals surface area contributed by atoms with Gasteiger partial charge in [0.2, 0.25) is 0 Å². The Morgan fingerprint density at radius 2 is 1.94 bits per heavy atom. The number of halogens is 3. The van der Waals surface area contributed by atoms with Crippen molar-refractivity contribution in [2.45, 2.75) is 37.9 Å². The van der Waals surface area contributed by atoms with Crippen molar-refractivity contribution >= 4 is 23.3 Å². The molecule has 4 rings (SSSR count). The van der Waals surface area contributed by atoms with Crippen LogP contribution in [-0.4, -0.2) is 31.1 Å². The van der Waals surface area contributed by atoms with E-state index >= 15 is 0 Å². The maximum atomic E-state index is 12.8. The molecule has 2 aromatic carbocycles. The number of hydrogen-bond donors (Lipinski definition) is 2. The average Bonchev–Trinajstić information content (AvgIpc) is 3.11. The third kappa shape index (κ3) is 4.50. The first-order chi connectivity index (χ1) is 15.2. The quantitative estimate of drug-likeness (QED) is 0.729. The highest BCUT2D eigenvalue weighted by Gasteiger charge is 2.39. The Morgan fingerprint density at radius 1 is 1.16 bits per heavy atom. The van der Waals surface area contributed by atoms with Gasteiger partial charge in [0, 0.05) is 12.1 Å². The fourth-order valence-corrected chi connectivity index (χ4v) is 4.25. The van der Waals surface area contributed by atoms with Crippen LogP contribution < -0.4 is 21.2 Å². The third-order valence-electron chi connectivity index (χ3n) is 5.60. The van der Waals surface area contributed by atoms with E-state index in [-0.39, 0.29) is 23.7 Å². The normalized spacial score (nSPS) is 18.4. The highest BCUT2D eigenvalue weighted by atomic mass is 19.4. The molecule has 2 aliphatic heterocycles. The minimum atomic E-state index is -4.72. The monoisotopic (exact) mass is 448 g/mol. The van der Waals surface area contributed by atoms with E-state index in [2.05, 4.69) is 5.32 Å². The summed E-state index contributed by atoms with van der Waals surface area (Å²) in [5, 5.41) is 5.92. The molecule has 10 heteroatoms. The molecule has 0 aromatic heterocycles. The van der Waals surface area contributed by atoms with E-state index in [1.54, 1.807) is 17.1 Å². The van der Waals surface area contributed by atoms with Crippen molar-refractivity contribution < 1.29 is 27.6 Å². The second-order valence-corrected chi connectivity index (χ2v) is 7.87. The first kappa shape index (κ1) is 21.9. The molecule has 32 heavy (non-hydrogen) atoms. The minimum absolute atomic E-state index is 0.0571. The number of para-hydroxylation sites is 2. The van der Waals surface area contributed by atoms with Gasteiger partial charge in [-0.2, -0.15) is 13.2 Å². The van der Waals surface area contributed by atoms with Gasteiger partial charge in [-0.1, -0.05) is 30.3 Å². The molecule has 0 radical (unpaired) electrons. The molecule has 1 atom stereocenters. The molecule has 0 spiro atoms. The zero-order chi connectivity index (χ0) is 22.9. The summed E-state index contributed by atoms with van der Waals surface area (Å²) in [5.74, 6) is -2.07. The Labute approximate surface area is 182 Å². The van der Waals surface area contributed by atoms with E-state index in [0.29, 0.717) is 11.3 Å². The summed E-state index contributed by atoms with van der Waals surface area (Å²) in [4.78, 5) is 29.3. The zero-order valence-electron chi connectivity index (χ0n) is 17.2. The summed E-state index contributed by atoms with van der Waals surface area (Å²) >= 11 is 0. The molecule has 2 aliphatic rings. The number of piperidine rings is 1. The molecule has 0 bridgehead atoms. The van der Waals surface area contributed by atoms with E-state index in [9.17, 15) is 22.8 Å². The Balaban J connectivity index is 1.75. The Morgan fingerprint density at radius 3 is 2.62 bits per heavy atom. The van der Waals surface area contributed by atoms with Gasteiger partial charge in [0.25, 0.3) is 5.91 Å². The van der Waals surface area contributed by atoms with E-state index in [1.165, 1.54) is 6.07 Å². The molecular formula is C22H23F3N4O3.